The van der Waals surface area contributed by atoms with Crippen LogP contribution in [0.3, 0.4) is 0 Å². The summed E-state index contributed by atoms with van der Waals surface area (Å²) < 4.78 is 0. The summed E-state index contributed by atoms with van der Waals surface area (Å²) in [5.74, 6) is -0.153. The van der Waals surface area contributed by atoms with E-state index in [2.05, 4.69) is 29.4 Å². The molecule has 1 N–H and O–H groups in total. The molecule has 1 radical (unpaired) electrons. The van der Waals surface area contributed by atoms with Gasteiger partial charge in [0.2, 0.25) is 0 Å². The van der Waals surface area contributed by atoms with Gasteiger partial charge in [-0.1, -0.05) is 70.4 Å². The van der Waals surface area contributed by atoms with Crippen LogP contribution in [0.25, 0.3) is 0 Å². The molecule has 0 aromatic heterocycles. The summed E-state index contributed by atoms with van der Waals surface area (Å²) in [6.07, 6.45) is 21.8. The van der Waals surface area contributed by atoms with E-state index in [-0.39, 0.29) is 35.5 Å². The third-order valence-electron chi connectivity index (χ3n) is 3.86. The van der Waals surface area contributed by atoms with Crippen molar-refractivity contribution in [1.29, 1.82) is 0 Å². The third kappa shape index (κ3) is 22.2. The summed E-state index contributed by atoms with van der Waals surface area (Å²) in [5, 5.41) is 0. The third-order valence-corrected chi connectivity index (χ3v) is 3.86. The molecule has 4 heteroatoms. The van der Waals surface area contributed by atoms with Gasteiger partial charge in [0.25, 0.3) is 0 Å². The van der Waals surface area contributed by atoms with Gasteiger partial charge in [0, 0.05) is 43.0 Å². The predicted molar refractivity (Wildman–Crippen MR) is 100 cm³/mol. The molecule has 3 nitrogen and oxygen atoms in total. The Labute approximate surface area is 166 Å². The number of rotatable bonds is 16. The summed E-state index contributed by atoms with van der Waals surface area (Å²) in [6, 6.07) is 0. The van der Waals surface area contributed by atoms with Crippen LogP contribution in [0, 0.1) is 0 Å². The van der Waals surface area contributed by atoms with E-state index in [9.17, 15) is 4.79 Å². The first-order valence-electron chi connectivity index (χ1n) is 9.32. The predicted octanol–water partition coefficient (Wildman–Crippen LogP) is 5.32. The average Bonchev–Trinajstić information content (AvgIpc) is 2.51. The zero-order chi connectivity index (χ0) is 16.3. The Balaban J connectivity index is 0. The van der Waals surface area contributed by atoms with Gasteiger partial charge in [-0.2, -0.15) is 5.48 Å². The Bertz CT molecular complexity index is 270. The normalized spacial score (nSPS) is 10.7. The van der Waals surface area contributed by atoms with Gasteiger partial charge in [-0.3, -0.25) is 4.79 Å². The van der Waals surface area contributed by atoms with Gasteiger partial charge in [0.1, 0.15) is 0 Å². The fourth-order valence-electron chi connectivity index (χ4n) is 2.50. The van der Waals surface area contributed by atoms with Gasteiger partial charge in [0.05, 0.1) is 0 Å². The van der Waals surface area contributed by atoms with E-state index in [1.807, 2.05) is 0 Å². The van der Waals surface area contributed by atoms with E-state index in [1.54, 1.807) is 7.05 Å². The molecule has 0 aromatic carbocycles. The monoisotopic (exact) mass is 334 g/mol. The summed E-state index contributed by atoms with van der Waals surface area (Å²) in [5.41, 5.74) is 2.41. The fourth-order valence-corrected chi connectivity index (χ4v) is 2.50. The van der Waals surface area contributed by atoms with Gasteiger partial charge in [-0.05, 0) is 32.1 Å². The molecule has 0 bridgehead atoms. The Morgan fingerprint density at radius 2 is 1.30 bits per heavy atom. The van der Waals surface area contributed by atoms with Crippen molar-refractivity contribution in [1.82, 2.24) is 5.48 Å². The van der Waals surface area contributed by atoms with E-state index in [4.69, 9.17) is 0 Å². The fraction of sp³-hybridized carbons (Fsp3) is 0.842. The topological polar surface area (TPSA) is 38.3 Å². The second kappa shape index (κ2) is 22.2. The molecular weight excluding hydrogens is 297 g/mol. The first-order chi connectivity index (χ1) is 10.8. The molecule has 0 spiro atoms. The van der Waals surface area contributed by atoms with Crippen molar-refractivity contribution in [2.45, 2.75) is 96.8 Å². The maximum Gasteiger partial charge on any atom is 0.324 e. The molecule has 0 aliphatic carbocycles. The maximum atomic E-state index is 11.1. The Kier molecular flexibility index (Phi) is 24.5. The van der Waals surface area contributed by atoms with Gasteiger partial charge >= 0.3 is 5.97 Å². The zero-order valence-corrected chi connectivity index (χ0v) is 17.9. The van der Waals surface area contributed by atoms with Crippen molar-refractivity contribution in [3.8, 4) is 0 Å². The number of allylic oxidation sites excluding steroid dienone is 2. The molecule has 0 aromatic rings. The minimum atomic E-state index is -0.153. The minimum absolute atomic E-state index is 0. The van der Waals surface area contributed by atoms with E-state index in [0.29, 0.717) is 6.42 Å². The summed E-state index contributed by atoms with van der Waals surface area (Å²) in [7, 11) is 1.61. The molecule has 0 amide bonds. The second-order valence-corrected chi connectivity index (χ2v) is 6.01. The van der Waals surface area contributed by atoms with Gasteiger partial charge in [0.15, 0.2) is 0 Å². The molecule has 0 fully saturated rings. The Hall–Kier alpha value is 0.170. The first-order valence-corrected chi connectivity index (χ1v) is 9.32. The molecule has 0 aliphatic heterocycles. The van der Waals surface area contributed by atoms with Crippen LogP contribution in [-0.4, -0.2) is 42.6 Å². The summed E-state index contributed by atoms with van der Waals surface area (Å²) in [6.45, 7) is 2.26. The standard InChI is InChI=1S/C19H37NO2.Na/c1-3-4-5-6-7-8-9-10-11-12-13-14-15-16-17-18-19(21)22-20-2;/h10-11,20H,3-9,12-18H2,1-2H3;/b11-10-;. The van der Waals surface area contributed by atoms with Crippen LogP contribution < -0.4 is 5.48 Å². The van der Waals surface area contributed by atoms with Crippen LogP contribution in [0.1, 0.15) is 96.8 Å². The van der Waals surface area contributed by atoms with E-state index >= 15 is 0 Å². The van der Waals surface area contributed by atoms with Gasteiger partial charge in [-0.15, -0.1) is 0 Å². The van der Waals surface area contributed by atoms with Crippen LogP contribution >= 0.6 is 0 Å². The van der Waals surface area contributed by atoms with Crippen LogP contribution in [0.15, 0.2) is 12.2 Å². The SMILES string of the molecule is CCCCCCCC/C=C\CCCCCCCC(=O)ONC.[Na]. The molecule has 0 saturated heterocycles. The number of hydroxylamine groups is 1. The zero-order valence-electron chi connectivity index (χ0n) is 15.9. The number of unbranched alkanes of at least 4 members (excludes halogenated alkanes) is 11. The minimum Gasteiger partial charge on any atom is -0.371 e. The molecule has 131 valence electrons. The van der Waals surface area contributed by atoms with Crippen molar-refractivity contribution < 1.29 is 9.63 Å². The Morgan fingerprint density at radius 1 is 0.826 bits per heavy atom. The first kappa shape index (κ1) is 25.4. The van der Waals surface area contributed by atoms with Crippen LogP contribution in [-0.2, 0) is 9.63 Å². The molecule has 0 saturated carbocycles. The van der Waals surface area contributed by atoms with E-state index in [0.717, 1.165) is 12.8 Å². The van der Waals surface area contributed by atoms with E-state index in [1.165, 1.54) is 70.6 Å². The van der Waals surface area contributed by atoms with Crippen molar-refractivity contribution >= 4 is 35.5 Å². The van der Waals surface area contributed by atoms with Crippen molar-refractivity contribution in [2.24, 2.45) is 0 Å². The quantitative estimate of drug-likeness (QED) is 0.180. The van der Waals surface area contributed by atoms with Crippen LogP contribution in [0.5, 0.6) is 0 Å². The molecule has 0 heterocycles. The summed E-state index contributed by atoms with van der Waals surface area (Å²) in [4.78, 5) is 15.7. The molecular formula is C19H37NNaO2. The molecule has 0 rings (SSSR count). The number of hydrogen-bond donors (Lipinski definition) is 1. The Morgan fingerprint density at radius 3 is 1.83 bits per heavy atom. The van der Waals surface area contributed by atoms with Crippen molar-refractivity contribution in [3.05, 3.63) is 12.2 Å². The largest absolute Gasteiger partial charge is 0.371 e. The van der Waals surface area contributed by atoms with Crippen LogP contribution in [0.2, 0.25) is 0 Å². The number of hydrogen-bond acceptors (Lipinski definition) is 3. The van der Waals surface area contributed by atoms with Gasteiger partial charge < -0.3 is 4.84 Å². The molecule has 0 unspecified atom stereocenters. The molecule has 23 heavy (non-hydrogen) atoms. The average molecular weight is 334 g/mol. The number of carbonyl (C=O) groups is 1. The van der Waals surface area contributed by atoms with Crippen molar-refractivity contribution in [2.75, 3.05) is 7.05 Å². The van der Waals surface area contributed by atoms with Gasteiger partial charge in [-0.25, -0.2) is 0 Å². The second-order valence-electron chi connectivity index (χ2n) is 6.01. The smallest absolute Gasteiger partial charge is 0.324 e. The number of nitrogens with one attached hydrogen (secondary N) is 1. The van der Waals surface area contributed by atoms with E-state index < -0.39 is 0 Å². The summed E-state index contributed by atoms with van der Waals surface area (Å²) >= 11 is 0. The number of carbonyl (C=O) groups excluding carboxylic acids is 1. The molecule has 0 aliphatic rings. The van der Waals surface area contributed by atoms with Crippen molar-refractivity contribution in [3.63, 3.8) is 0 Å². The molecule has 0 atom stereocenters. The van der Waals surface area contributed by atoms with Crippen LogP contribution in [0.4, 0.5) is 0 Å². The maximum absolute atomic E-state index is 11.1.